The van der Waals surface area contributed by atoms with Crippen LogP contribution in [0.15, 0.2) is 42.5 Å². The number of likely N-dealkylation sites (tertiary alicyclic amines) is 1. The van der Waals surface area contributed by atoms with Crippen LogP contribution in [0.1, 0.15) is 30.5 Å². The lowest BCUT2D eigenvalue weighted by atomic mass is 9.60. The Balaban J connectivity index is 2.12. The number of hydrogen-bond donors (Lipinski definition) is 0. The molecule has 0 bridgehead atoms. The third-order valence-corrected chi connectivity index (χ3v) is 5.81. The van der Waals surface area contributed by atoms with Crippen LogP contribution in [-0.2, 0) is 15.6 Å². The number of carbonyl (C=O) groups excluding carboxylic acids is 1. The summed E-state index contributed by atoms with van der Waals surface area (Å²) in [5.41, 5.74) is 2.33. The van der Waals surface area contributed by atoms with Gasteiger partial charge in [0.2, 0.25) is 5.91 Å². The van der Waals surface area contributed by atoms with Crippen LogP contribution < -0.4 is 4.74 Å². The third-order valence-electron chi connectivity index (χ3n) is 5.81. The molecule has 3 nitrogen and oxygen atoms in total. The van der Waals surface area contributed by atoms with E-state index in [-0.39, 0.29) is 11.3 Å². The fraction of sp³-hybridized carbons (Fsp3) is 0.350. The third kappa shape index (κ3) is 1.62. The Kier molecular flexibility index (Phi) is 2.72. The van der Waals surface area contributed by atoms with Crippen LogP contribution in [0.2, 0.25) is 0 Å². The van der Waals surface area contributed by atoms with Crippen LogP contribution in [0.5, 0.6) is 11.5 Å². The molecule has 0 N–H and O–H groups in total. The number of amides is 1. The van der Waals surface area contributed by atoms with E-state index in [0.717, 1.165) is 22.6 Å². The number of benzene rings is 2. The highest BCUT2D eigenvalue weighted by Gasteiger charge is 2.61. The minimum atomic E-state index is -0.628. The van der Waals surface area contributed by atoms with Crippen LogP contribution in [-0.4, -0.2) is 24.4 Å². The molecule has 1 amide bonds. The molecule has 2 aromatic carbocycles. The maximum atomic E-state index is 13.1. The topological polar surface area (TPSA) is 29.5 Å². The molecule has 0 aromatic heterocycles. The van der Waals surface area contributed by atoms with E-state index in [2.05, 4.69) is 32.9 Å². The molecule has 1 saturated heterocycles. The highest BCUT2D eigenvalue weighted by atomic mass is 16.5. The van der Waals surface area contributed by atoms with Gasteiger partial charge in [0.05, 0.1) is 5.41 Å². The van der Waals surface area contributed by atoms with Crippen molar-refractivity contribution in [3.8, 4) is 11.5 Å². The van der Waals surface area contributed by atoms with E-state index in [1.165, 1.54) is 5.56 Å². The molecule has 2 heterocycles. The van der Waals surface area contributed by atoms with Crippen molar-refractivity contribution >= 4 is 5.91 Å². The van der Waals surface area contributed by atoms with Crippen molar-refractivity contribution in [1.29, 1.82) is 0 Å². The van der Waals surface area contributed by atoms with E-state index < -0.39 is 5.41 Å². The number of aryl methyl sites for hydroxylation is 1. The van der Waals surface area contributed by atoms with Crippen molar-refractivity contribution in [1.82, 2.24) is 4.90 Å². The summed E-state index contributed by atoms with van der Waals surface area (Å²) in [4.78, 5) is 15.0. The summed E-state index contributed by atoms with van der Waals surface area (Å²) < 4.78 is 6.24. The van der Waals surface area contributed by atoms with Gasteiger partial charge in [0, 0.05) is 30.1 Å². The van der Waals surface area contributed by atoms with Crippen LogP contribution in [0.3, 0.4) is 0 Å². The second-order valence-electron chi connectivity index (χ2n) is 7.22. The number of carbonyl (C=O) groups is 1. The molecule has 2 aromatic rings. The van der Waals surface area contributed by atoms with E-state index in [0.29, 0.717) is 6.54 Å². The monoisotopic (exact) mass is 307 g/mol. The quantitative estimate of drug-likeness (QED) is 0.741. The van der Waals surface area contributed by atoms with Crippen LogP contribution in [0, 0.1) is 6.92 Å². The molecule has 0 aliphatic carbocycles. The van der Waals surface area contributed by atoms with Crippen LogP contribution >= 0.6 is 0 Å². The van der Waals surface area contributed by atoms with E-state index in [1.54, 1.807) is 0 Å². The largest absolute Gasteiger partial charge is 0.457 e. The van der Waals surface area contributed by atoms with Crippen LogP contribution in [0.25, 0.3) is 0 Å². The number of ether oxygens (including phenoxy) is 1. The molecule has 4 rings (SSSR count). The second kappa shape index (κ2) is 4.38. The zero-order valence-corrected chi connectivity index (χ0v) is 14.0. The highest BCUT2D eigenvalue weighted by Crippen LogP contribution is 2.57. The lowest BCUT2D eigenvalue weighted by Gasteiger charge is -2.37. The Hall–Kier alpha value is -2.29. The standard InChI is InChI=1S/C20H21NO2/c1-13-9-10-17-15(11-13)19(2)12-21(4)18(22)20(19,3)14-7-5-6-8-16(14)23-17/h5-11H,12H2,1-4H3/t19-,20+/m1/s1. The Morgan fingerprint density at radius 2 is 1.74 bits per heavy atom. The van der Waals surface area contributed by atoms with Crippen molar-refractivity contribution in [2.24, 2.45) is 0 Å². The molecule has 2 aliphatic heterocycles. The van der Waals surface area contributed by atoms with E-state index >= 15 is 0 Å². The average molecular weight is 307 g/mol. The number of rotatable bonds is 0. The van der Waals surface area contributed by atoms with Crippen molar-refractivity contribution in [3.05, 3.63) is 59.2 Å². The minimum Gasteiger partial charge on any atom is -0.457 e. The van der Waals surface area contributed by atoms with Gasteiger partial charge in [0.15, 0.2) is 0 Å². The molecule has 3 heteroatoms. The molecular formula is C20H21NO2. The van der Waals surface area contributed by atoms with E-state index in [4.69, 9.17) is 4.74 Å². The summed E-state index contributed by atoms with van der Waals surface area (Å²) in [5, 5.41) is 0. The normalized spacial score (nSPS) is 28.5. The Labute approximate surface area is 136 Å². The van der Waals surface area contributed by atoms with Gasteiger partial charge in [-0.1, -0.05) is 42.8 Å². The Morgan fingerprint density at radius 3 is 2.52 bits per heavy atom. The smallest absolute Gasteiger partial charge is 0.233 e. The minimum absolute atomic E-state index is 0.158. The summed E-state index contributed by atoms with van der Waals surface area (Å²) in [6.07, 6.45) is 0. The second-order valence-corrected chi connectivity index (χ2v) is 7.22. The van der Waals surface area contributed by atoms with Crippen molar-refractivity contribution in [2.45, 2.75) is 31.6 Å². The zero-order chi connectivity index (χ0) is 16.4. The first-order valence-electron chi connectivity index (χ1n) is 8.02. The van der Waals surface area contributed by atoms with E-state index in [9.17, 15) is 4.79 Å². The summed E-state index contributed by atoms with van der Waals surface area (Å²) in [5.74, 6) is 1.80. The molecule has 0 spiro atoms. The number of nitrogens with zero attached hydrogens (tertiary/aromatic N) is 1. The van der Waals surface area contributed by atoms with Crippen molar-refractivity contribution in [3.63, 3.8) is 0 Å². The molecular weight excluding hydrogens is 286 g/mol. The first kappa shape index (κ1) is 14.3. The number of para-hydroxylation sites is 1. The first-order valence-corrected chi connectivity index (χ1v) is 8.02. The summed E-state index contributed by atoms with van der Waals surface area (Å²) in [6, 6.07) is 14.2. The fourth-order valence-corrected chi connectivity index (χ4v) is 4.34. The predicted molar refractivity (Wildman–Crippen MR) is 90.0 cm³/mol. The van der Waals surface area contributed by atoms with Gasteiger partial charge < -0.3 is 9.64 Å². The zero-order valence-electron chi connectivity index (χ0n) is 14.0. The molecule has 23 heavy (non-hydrogen) atoms. The average Bonchev–Trinajstić information content (AvgIpc) is 2.66. The van der Waals surface area contributed by atoms with E-state index in [1.807, 2.05) is 42.3 Å². The van der Waals surface area contributed by atoms with Crippen molar-refractivity contribution in [2.75, 3.05) is 13.6 Å². The van der Waals surface area contributed by atoms with Gasteiger partial charge in [0.1, 0.15) is 11.5 Å². The summed E-state index contributed by atoms with van der Waals surface area (Å²) in [7, 11) is 1.90. The molecule has 0 saturated carbocycles. The van der Waals surface area contributed by atoms with Crippen LogP contribution in [0.4, 0.5) is 0 Å². The number of likely N-dealkylation sites (N-methyl/N-ethyl adjacent to an activating group) is 1. The van der Waals surface area contributed by atoms with Gasteiger partial charge in [-0.2, -0.15) is 0 Å². The molecule has 1 fully saturated rings. The van der Waals surface area contributed by atoms with Gasteiger partial charge in [-0.25, -0.2) is 0 Å². The molecule has 0 radical (unpaired) electrons. The summed E-state index contributed by atoms with van der Waals surface area (Å²) in [6.45, 7) is 7.03. The summed E-state index contributed by atoms with van der Waals surface area (Å²) >= 11 is 0. The number of hydrogen-bond acceptors (Lipinski definition) is 2. The lowest BCUT2D eigenvalue weighted by Crippen LogP contribution is -2.45. The Bertz CT molecular complexity index is 828. The Morgan fingerprint density at radius 1 is 1.04 bits per heavy atom. The maximum Gasteiger partial charge on any atom is 0.233 e. The van der Waals surface area contributed by atoms with Crippen molar-refractivity contribution < 1.29 is 9.53 Å². The van der Waals surface area contributed by atoms with Gasteiger partial charge in [-0.05, 0) is 26.0 Å². The predicted octanol–water partition coefficient (Wildman–Crippen LogP) is 3.79. The maximum absolute atomic E-state index is 13.1. The molecule has 0 unspecified atom stereocenters. The van der Waals surface area contributed by atoms with Gasteiger partial charge >= 0.3 is 0 Å². The molecule has 118 valence electrons. The fourth-order valence-electron chi connectivity index (χ4n) is 4.34. The lowest BCUT2D eigenvalue weighted by molar-refractivity contribution is -0.131. The molecule has 2 aliphatic rings. The molecule has 2 atom stereocenters. The van der Waals surface area contributed by atoms with Gasteiger partial charge in [0.25, 0.3) is 0 Å². The van der Waals surface area contributed by atoms with Gasteiger partial charge in [-0.3, -0.25) is 4.79 Å². The number of fused-ring (bicyclic) bond motifs is 5. The van der Waals surface area contributed by atoms with Gasteiger partial charge in [-0.15, -0.1) is 0 Å². The SMILES string of the molecule is Cc1ccc2c(c1)[C@@]1(C)CN(C)C(=O)[C@]1(C)c1ccccc1O2. The highest BCUT2D eigenvalue weighted by molar-refractivity contribution is 5.94. The first-order chi connectivity index (χ1) is 10.9.